The van der Waals surface area contributed by atoms with E-state index in [0.29, 0.717) is 43.5 Å². The molecule has 3 rings (SSSR count). The Labute approximate surface area is 184 Å². The summed E-state index contributed by atoms with van der Waals surface area (Å²) in [5.41, 5.74) is 0.493. The first-order chi connectivity index (χ1) is 14.8. The Kier molecular flexibility index (Phi) is 7.69. The number of anilines is 1. The lowest BCUT2D eigenvalue weighted by molar-refractivity contribution is -0.132. The fourth-order valence-corrected chi connectivity index (χ4v) is 3.95. The molecule has 1 aromatic heterocycles. The second kappa shape index (κ2) is 10.5. The number of hydrogen-bond acceptors (Lipinski definition) is 6. The van der Waals surface area contributed by atoms with Crippen molar-refractivity contribution < 1.29 is 18.8 Å². The maximum Gasteiger partial charge on any atom is 0.260 e. The quantitative estimate of drug-likeness (QED) is 0.674. The molecule has 1 fully saturated rings. The van der Waals surface area contributed by atoms with Crippen LogP contribution in [0.5, 0.6) is 0 Å². The van der Waals surface area contributed by atoms with Crippen molar-refractivity contribution >= 4 is 34.2 Å². The molecule has 8 nitrogen and oxygen atoms in total. The summed E-state index contributed by atoms with van der Waals surface area (Å²) in [7, 11) is 0. The summed E-state index contributed by atoms with van der Waals surface area (Å²) in [4.78, 5) is 44.7. The van der Waals surface area contributed by atoms with E-state index in [1.165, 1.54) is 29.5 Å². The van der Waals surface area contributed by atoms with Crippen LogP contribution in [0, 0.1) is 5.82 Å². The van der Waals surface area contributed by atoms with E-state index in [-0.39, 0.29) is 29.8 Å². The lowest BCUT2D eigenvalue weighted by Crippen LogP contribution is -2.51. The topological polar surface area (TPSA) is 94.6 Å². The zero-order valence-electron chi connectivity index (χ0n) is 17.6. The van der Waals surface area contributed by atoms with Crippen LogP contribution in [0.3, 0.4) is 0 Å². The normalized spacial score (nSPS) is 14.5. The lowest BCUT2D eigenvalue weighted by Gasteiger charge is -2.34. The molecule has 1 aliphatic heterocycles. The predicted molar refractivity (Wildman–Crippen MR) is 116 cm³/mol. The number of piperazine rings is 1. The Morgan fingerprint density at radius 3 is 2.55 bits per heavy atom. The van der Waals surface area contributed by atoms with Gasteiger partial charge in [-0.15, -0.1) is 11.3 Å². The van der Waals surface area contributed by atoms with Gasteiger partial charge in [0.25, 0.3) is 5.91 Å². The van der Waals surface area contributed by atoms with Crippen LogP contribution in [-0.2, 0) is 16.0 Å². The Hall–Kier alpha value is -2.85. The molecule has 0 unspecified atom stereocenters. The highest BCUT2D eigenvalue weighted by atomic mass is 32.1. The van der Waals surface area contributed by atoms with Crippen LogP contribution in [0.15, 0.2) is 29.6 Å². The summed E-state index contributed by atoms with van der Waals surface area (Å²) < 4.78 is 13.7. The number of thiazole rings is 1. The summed E-state index contributed by atoms with van der Waals surface area (Å²) in [6.45, 7) is 6.55. The first kappa shape index (κ1) is 22.8. The second-order valence-electron chi connectivity index (χ2n) is 7.63. The second-order valence-corrected chi connectivity index (χ2v) is 8.49. The lowest BCUT2D eigenvalue weighted by atomic mass is 10.2. The van der Waals surface area contributed by atoms with E-state index in [2.05, 4.69) is 15.6 Å². The SMILES string of the molecule is CC(C)NC(=O)CN1CCN(C(=O)Cc2csc(NC(=O)c3ccccc3F)n2)CC1. The first-order valence-corrected chi connectivity index (χ1v) is 11.0. The van der Waals surface area contributed by atoms with E-state index in [4.69, 9.17) is 0 Å². The molecule has 31 heavy (non-hydrogen) atoms. The van der Waals surface area contributed by atoms with Crippen molar-refractivity contribution in [2.75, 3.05) is 38.0 Å². The maximum atomic E-state index is 13.7. The molecule has 0 radical (unpaired) electrons. The molecule has 0 aliphatic carbocycles. The van der Waals surface area contributed by atoms with E-state index in [1.54, 1.807) is 16.3 Å². The van der Waals surface area contributed by atoms with Crippen LogP contribution in [0.25, 0.3) is 0 Å². The minimum absolute atomic E-state index is 0.0118. The van der Waals surface area contributed by atoms with Gasteiger partial charge in [0.2, 0.25) is 11.8 Å². The molecule has 2 heterocycles. The third-order valence-electron chi connectivity index (χ3n) is 4.76. The van der Waals surface area contributed by atoms with Crippen LogP contribution in [-0.4, -0.2) is 71.3 Å². The van der Waals surface area contributed by atoms with Gasteiger partial charge >= 0.3 is 0 Å². The minimum atomic E-state index is -0.604. The van der Waals surface area contributed by atoms with Gasteiger partial charge in [0.1, 0.15) is 5.82 Å². The van der Waals surface area contributed by atoms with Gasteiger partial charge in [-0.1, -0.05) is 12.1 Å². The molecular weight excluding hydrogens is 421 g/mol. The molecule has 2 N–H and O–H groups in total. The van der Waals surface area contributed by atoms with E-state index < -0.39 is 11.7 Å². The molecule has 10 heteroatoms. The van der Waals surface area contributed by atoms with E-state index in [1.807, 2.05) is 18.7 Å². The highest BCUT2D eigenvalue weighted by molar-refractivity contribution is 7.14. The first-order valence-electron chi connectivity index (χ1n) is 10.1. The zero-order chi connectivity index (χ0) is 22.4. The van der Waals surface area contributed by atoms with E-state index in [9.17, 15) is 18.8 Å². The number of nitrogens with one attached hydrogen (secondary N) is 2. The highest BCUT2D eigenvalue weighted by Gasteiger charge is 2.23. The molecule has 0 atom stereocenters. The average molecular weight is 448 g/mol. The van der Waals surface area contributed by atoms with Crippen molar-refractivity contribution in [2.24, 2.45) is 0 Å². The Morgan fingerprint density at radius 2 is 1.87 bits per heavy atom. The summed E-state index contributed by atoms with van der Waals surface area (Å²) in [6, 6.07) is 5.82. The molecule has 1 aromatic carbocycles. The van der Waals surface area contributed by atoms with Gasteiger partial charge in [-0.05, 0) is 26.0 Å². The molecule has 1 aliphatic rings. The van der Waals surface area contributed by atoms with Crippen LogP contribution >= 0.6 is 11.3 Å². The number of halogens is 1. The summed E-state index contributed by atoms with van der Waals surface area (Å²) >= 11 is 1.19. The number of carbonyl (C=O) groups is 3. The highest BCUT2D eigenvalue weighted by Crippen LogP contribution is 2.18. The summed E-state index contributed by atoms with van der Waals surface area (Å²) in [5, 5.41) is 7.46. The standard InChI is InChI=1S/C21H26FN5O3S/c1-14(2)23-18(28)12-26-7-9-27(10-8-26)19(29)11-15-13-31-21(24-15)25-20(30)16-5-3-4-6-17(16)22/h3-6,13-14H,7-12H2,1-2H3,(H,23,28)(H,24,25,30). The van der Waals surface area contributed by atoms with Crippen molar-refractivity contribution in [1.82, 2.24) is 20.1 Å². The van der Waals surface area contributed by atoms with Gasteiger partial charge in [-0.2, -0.15) is 0 Å². The number of amides is 3. The molecule has 166 valence electrons. The van der Waals surface area contributed by atoms with Crippen molar-refractivity contribution in [1.29, 1.82) is 0 Å². The van der Waals surface area contributed by atoms with Crippen molar-refractivity contribution in [2.45, 2.75) is 26.3 Å². The number of carbonyl (C=O) groups excluding carboxylic acids is 3. The molecule has 0 bridgehead atoms. The van der Waals surface area contributed by atoms with Gasteiger partial charge < -0.3 is 10.2 Å². The summed E-state index contributed by atoms with van der Waals surface area (Å²) in [5.74, 6) is -1.25. The predicted octanol–water partition coefficient (Wildman–Crippen LogP) is 1.75. The Balaban J connectivity index is 1.46. The summed E-state index contributed by atoms with van der Waals surface area (Å²) in [6.07, 6.45) is 0.125. The monoisotopic (exact) mass is 447 g/mol. The third-order valence-corrected chi connectivity index (χ3v) is 5.57. The largest absolute Gasteiger partial charge is 0.353 e. The van der Waals surface area contributed by atoms with Gasteiger partial charge in [0.05, 0.1) is 24.2 Å². The fraction of sp³-hybridized carbons (Fsp3) is 0.429. The fourth-order valence-electron chi connectivity index (χ4n) is 3.25. The molecule has 3 amide bonds. The molecule has 2 aromatic rings. The minimum Gasteiger partial charge on any atom is -0.353 e. The third kappa shape index (κ3) is 6.56. The average Bonchev–Trinajstić information content (AvgIpc) is 3.14. The van der Waals surface area contributed by atoms with Crippen LogP contribution < -0.4 is 10.6 Å². The van der Waals surface area contributed by atoms with Crippen LogP contribution in [0.4, 0.5) is 9.52 Å². The van der Waals surface area contributed by atoms with Crippen molar-refractivity contribution in [3.63, 3.8) is 0 Å². The molecule has 0 saturated carbocycles. The maximum absolute atomic E-state index is 13.7. The zero-order valence-corrected chi connectivity index (χ0v) is 18.4. The molecular formula is C21H26FN5O3S. The number of nitrogens with zero attached hydrogens (tertiary/aromatic N) is 3. The van der Waals surface area contributed by atoms with Gasteiger partial charge in [-0.3, -0.25) is 24.6 Å². The van der Waals surface area contributed by atoms with E-state index >= 15 is 0 Å². The smallest absolute Gasteiger partial charge is 0.260 e. The van der Waals surface area contributed by atoms with Crippen molar-refractivity contribution in [3.05, 3.63) is 46.7 Å². The van der Waals surface area contributed by atoms with Gasteiger partial charge in [0.15, 0.2) is 5.13 Å². The van der Waals surface area contributed by atoms with Gasteiger partial charge in [0, 0.05) is 37.6 Å². The molecule has 1 saturated heterocycles. The number of rotatable bonds is 7. The molecule has 0 spiro atoms. The Bertz CT molecular complexity index is 941. The van der Waals surface area contributed by atoms with Crippen LogP contribution in [0.2, 0.25) is 0 Å². The van der Waals surface area contributed by atoms with Gasteiger partial charge in [-0.25, -0.2) is 9.37 Å². The van der Waals surface area contributed by atoms with E-state index in [0.717, 1.165) is 0 Å². The number of aromatic nitrogens is 1. The number of hydrogen-bond donors (Lipinski definition) is 2. The van der Waals surface area contributed by atoms with Crippen LogP contribution in [0.1, 0.15) is 29.9 Å². The Morgan fingerprint density at radius 1 is 1.16 bits per heavy atom. The number of benzene rings is 1. The van der Waals surface area contributed by atoms with Crippen molar-refractivity contribution in [3.8, 4) is 0 Å².